The molecule has 0 radical (unpaired) electrons. The van der Waals surface area contributed by atoms with E-state index in [1.54, 1.807) is 0 Å². The van der Waals surface area contributed by atoms with E-state index in [1.165, 1.54) is 16.3 Å². The van der Waals surface area contributed by atoms with Gasteiger partial charge in [0.1, 0.15) is 0 Å². The number of fused-ring (bicyclic) bond motifs is 3. The van der Waals surface area contributed by atoms with Gasteiger partial charge in [-0.2, -0.15) is 0 Å². The summed E-state index contributed by atoms with van der Waals surface area (Å²) in [5.41, 5.74) is 6.38. The Hall–Kier alpha value is -2.74. The van der Waals surface area contributed by atoms with Crippen LogP contribution in [0.4, 0.5) is 0 Å². The lowest BCUT2D eigenvalue weighted by Gasteiger charge is -2.21. The first-order valence-electron chi connectivity index (χ1n) is 6.63. The number of nitrogens with one attached hydrogen (secondary N) is 1. The number of hydrogen-bond acceptors (Lipinski definition) is 2. The summed E-state index contributed by atoms with van der Waals surface area (Å²) in [6, 6.07) is 22.8. The van der Waals surface area contributed by atoms with E-state index in [0.717, 1.165) is 16.9 Å². The third-order valence-electron chi connectivity index (χ3n) is 3.62. The molecule has 3 aromatic carbocycles. The number of rotatable bonds is 1. The molecule has 0 fully saturated rings. The van der Waals surface area contributed by atoms with Gasteiger partial charge in [0, 0.05) is 17.3 Å². The zero-order chi connectivity index (χ0) is 13.4. The van der Waals surface area contributed by atoms with Gasteiger partial charge < -0.3 is 4.84 Å². The van der Waals surface area contributed by atoms with Crippen LogP contribution in [0.2, 0.25) is 0 Å². The number of hydrogen-bond donors (Lipinski definition) is 1. The zero-order valence-electron chi connectivity index (χ0n) is 10.8. The number of benzene rings is 3. The first-order chi connectivity index (χ1) is 9.93. The van der Waals surface area contributed by atoms with Crippen LogP contribution in [0.3, 0.4) is 0 Å². The molecule has 3 aromatic rings. The van der Waals surface area contributed by atoms with Crippen molar-refractivity contribution in [1.29, 1.82) is 0 Å². The monoisotopic (exact) mass is 259 g/mol. The summed E-state index contributed by atoms with van der Waals surface area (Å²) in [5.74, 6) is 0.866. The molecule has 0 amide bonds. The van der Waals surface area contributed by atoms with Gasteiger partial charge in [-0.3, -0.25) is 0 Å². The lowest BCUT2D eigenvalue weighted by molar-refractivity contribution is 0.239. The van der Waals surface area contributed by atoms with E-state index in [0.29, 0.717) is 0 Å². The molecule has 1 heterocycles. The molecule has 96 valence electrons. The first-order valence-corrected chi connectivity index (χ1v) is 6.63. The SMILES string of the molecule is C1=C(c2ccccc2)c2c(ccc3ccccc23)ON1. The molecule has 4 rings (SSSR count). The fourth-order valence-electron chi connectivity index (χ4n) is 2.68. The van der Waals surface area contributed by atoms with Gasteiger partial charge in [-0.1, -0.05) is 60.7 Å². The van der Waals surface area contributed by atoms with Gasteiger partial charge in [0.05, 0.1) is 0 Å². The fourth-order valence-corrected chi connectivity index (χ4v) is 2.68. The Labute approximate surface area is 117 Å². The Morgan fingerprint density at radius 1 is 0.750 bits per heavy atom. The van der Waals surface area contributed by atoms with Crippen LogP contribution in [0.15, 0.2) is 72.9 Å². The van der Waals surface area contributed by atoms with Crippen molar-refractivity contribution < 1.29 is 4.84 Å². The van der Waals surface area contributed by atoms with Gasteiger partial charge in [0.25, 0.3) is 0 Å². The van der Waals surface area contributed by atoms with Crippen molar-refractivity contribution in [2.45, 2.75) is 0 Å². The Morgan fingerprint density at radius 3 is 2.45 bits per heavy atom. The summed E-state index contributed by atoms with van der Waals surface area (Å²) in [6.07, 6.45) is 1.92. The predicted molar refractivity (Wildman–Crippen MR) is 81.2 cm³/mol. The Balaban J connectivity index is 2.03. The molecule has 1 aliphatic heterocycles. The molecule has 2 nitrogen and oxygen atoms in total. The standard InChI is InChI=1S/C18H13NO/c1-2-6-13(7-3-1)16-12-19-20-17-11-10-14-8-4-5-9-15(14)18(16)17/h1-12,19H. The van der Waals surface area contributed by atoms with Crippen LogP contribution in [0.5, 0.6) is 5.75 Å². The van der Waals surface area contributed by atoms with E-state index >= 15 is 0 Å². The highest BCUT2D eigenvalue weighted by molar-refractivity contribution is 6.00. The molecule has 0 saturated carbocycles. The molecule has 20 heavy (non-hydrogen) atoms. The van der Waals surface area contributed by atoms with Crippen LogP contribution in [0, 0.1) is 0 Å². The normalized spacial score (nSPS) is 13.1. The van der Waals surface area contributed by atoms with Gasteiger partial charge in [-0.15, -0.1) is 0 Å². The van der Waals surface area contributed by atoms with Crippen LogP contribution in [-0.2, 0) is 0 Å². The van der Waals surface area contributed by atoms with Gasteiger partial charge in [-0.05, 0) is 22.4 Å². The van der Waals surface area contributed by atoms with Crippen molar-refractivity contribution >= 4 is 16.3 Å². The highest BCUT2D eigenvalue weighted by Gasteiger charge is 2.18. The minimum atomic E-state index is 0.866. The van der Waals surface area contributed by atoms with E-state index < -0.39 is 0 Å². The molecular formula is C18H13NO. The molecule has 0 aliphatic carbocycles. The van der Waals surface area contributed by atoms with E-state index in [9.17, 15) is 0 Å². The largest absolute Gasteiger partial charge is 0.382 e. The third-order valence-corrected chi connectivity index (χ3v) is 3.62. The molecule has 0 spiro atoms. The minimum Gasteiger partial charge on any atom is -0.382 e. The lowest BCUT2D eigenvalue weighted by Crippen LogP contribution is -2.17. The second kappa shape index (κ2) is 4.42. The molecular weight excluding hydrogens is 246 g/mol. The lowest BCUT2D eigenvalue weighted by atomic mass is 9.92. The van der Waals surface area contributed by atoms with Crippen LogP contribution in [0.1, 0.15) is 11.1 Å². The second-order valence-electron chi connectivity index (χ2n) is 4.80. The maximum atomic E-state index is 5.56. The van der Waals surface area contributed by atoms with Crippen molar-refractivity contribution in [1.82, 2.24) is 5.48 Å². The highest BCUT2D eigenvalue weighted by Crippen LogP contribution is 2.38. The maximum Gasteiger partial charge on any atom is 0.163 e. The molecule has 1 aliphatic rings. The first kappa shape index (κ1) is 11.1. The topological polar surface area (TPSA) is 21.3 Å². The number of hydroxylamine groups is 1. The average molecular weight is 259 g/mol. The van der Waals surface area contributed by atoms with Gasteiger partial charge in [0.2, 0.25) is 0 Å². The quantitative estimate of drug-likeness (QED) is 0.709. The smallest absolute Gasteiger partial charge is 0.163 e. The Kier molecular flexibility index (Phi) is 2.46. The molecule has 0 atom stereocenters. The fraction of sp³-hybridized carbons (Fsp3) is 0. The summed E-state index contributed by atoms with van der Waals surface area (Å²) >= 11 is 0. The summed E-state index contributed by atoms with van der Waals surface area (Å²) in [5, 5.41) is 2.43. The van der Waals surface area contributed by atoms with Crippen molar-refractivity contribution in [3.05, 3.63) is 84.1 Å². The van der Waals surface area contributed by atoms with Crippen molar-refractivity contribution in [3.8, 4) is 5.75 Å². The average Bonchev–Trinajstić information content (AvgIpc) is 2.55. The Morgan fingerprint density at radius 2 is 1.55 bits per heavy atom. The Bertz CT molecular complexity index is 806. The van der Waals surface area contributed by atoms with E-state index in [1.807, 2.05) is 18.3 Å². The molecule has 2 heteroatoms. The minimum absolute atomic E-state index is 0.866. The van der Waals surface area contributed by atoms with Crippen LogP contribution in [-0.4, -0.2) is 0 Å². The molecule has 1 N–H and O–H groups in total. The van der Waals surface area contributed by atoms with Crippen LogP contribution >= 0.6 is 0 Å². The van der Waals surface area contributed by atoms with E-state index in [2.05, 4.69) is 60.1 Å². The summed E-state index contributed by atoms with van der Waals surface area (Å²) in [4.78, 5) is 5.56. The summed E-state index contributed by atoms with van der Waals surface area (Å²) < 4.78 is 0. The second-order valence-corrected chi connectivity index (χ2v) is 4.80. The van der Waals surface area contributed by atoms with Gasteiger partial charge in [-0.25, -0.2) is 5.48 Å². The zero-order valence-corrected chi connectivity index (χ0v) is 10.8. The van der Waals surface area contributed by atoms with Crippen LogP contribution in [0.25, 0.3) is 16.3 Å². The summed E-state index contributed by atoms with van der Waals surface area (Å²) in [6.45, 7) is 0. The molecule has 0 saturated heterocycles. The summed E-state index contributed by atoms with van der Waals surface area (Å²) in [7, 11) is 0. The highest BCUT2D eigenvalue weighted by atomic mass is 16.6. The third kappa shape index (κ3) is 1.66. The van der Waals surface area contributed by atoms with Crippen molar-refractivity contribution in [3.63, 3.8) is 0 Å². The van der Waals surface area contributed by atoms with Crippen LogP contribution < -0.4 is 10.3 Å². The molecule has 0 unspecified atom stereocenters. The van der Waals surface area contributed by atoms with Gasteiger partial charge >= 0.3 is 0 Å². The van der Waals surface area contributed by atoms with Gasteiger partial charge in [0.15, 0.2) is 5.75 Å². The van der Waals surface area contributed by atoms with Crippen molar-refractivity contribution in [2.75, 3.05) is 0 Å². The van der Waals surface area contributed by atoms with Crippen molar-refractivity contribution in [2.24, 2.45) is 0 Å². The molecule has 0 aromatic heterocycles. The predicted octanol–water partition coefficient (Wildman–Crippen LogP) is 4.13. The molecule has 0 bridgehead atoms. The maximum absolute atomic E-state index is 5.56. The van der Waals surface area contributed by atoms with E-state index in [4.69, 9.17) is 4.84 Å². The van der Waals surface area contributed by atoms with E-state index in [-0.39, 0.29) is 0 Å².